The van der Waals surface area contributed by atoms with Gasteiger partial charge in [-0.2, -0.15) is 0 Å². The summed E-state index contributed by atoms with van der Waals surface area (Å²) in [4.78, 5) is 78.0. The van der Waals surface area contributed by atoms with Crippen molar-refractivity contribution in [2.24, 2.45) is 0 Å². The molecule has 7 rings (SSSR count). The molecule has 1 amide bonds. The Bertz CT molecular complexity index is 2900. The van der Waals surface area contributed by atoms with Crippen LogP contribution in [-0.4, -0.2) is 116 Å². The maximum absolute atomic E-state index is 14.0. The highest BCUT2D eigenvalue weighted by atomic mass is 35.5. The van der Waals surface area contributed by atoms with Crippen LogP contribution < -0.4 is 38.1 Å². The standard InChI is InChI=1S/C44H51N9O5.3ClH/c1-49(2)25-22-47-42(56)30-16-18-33(36-38(30)48-32-14-8-6-12-28(32)40(36)54)45-20-10-23-51(5)24-11-21-46-34-19-17-31-39-37(34)41(55)29-13-7-9-15-35(29)53(39)44(58)52(43(31)57)27-26-50(3)4;;;/h6-9,12-19,45-46H,10-11,20-27H2,1-5H3,(H,47,56)(H,48,54);3*1H. The van der Waals surface area contributed by atoms with E-state index in [1.807, 2.05) is 62.3 Å². The van der Waals surface area contributed by atoms with Crippen LogP contribution in [0.15, 0.2) is 92.0 Å². The molecule has 0 aliphatic heterocycles. The fourth-order valence-electron chi connectivity index (χ4n) is 7.65. The number of aromatic amines is 1. The Hall–Kier alpha value is -5.22. The first kappa shape index (κ1) is 48.4. The molecule has 14 nitrogen and oxygen atoms in total. The van der Waals surface area contributed by atoms with Gasteiger partial charge < -0.3 is 35.6 Å². The quantitative estimate of drug-likeness (QED) is 0.0563. The van der Waals surface area contributed by atoms with Crippen LogP contribution in [0, 0.1) is 0 Å². The summed E-state index contributed by atoms with van der Waals surface area (Å²) in [5.41, 5.74) is 2.46. The maximum Gasteiger partial charge on any atom is 0.336 e. The minimum absolute atomic E-state index is 0. The Morgan fingerprint density at radius 2 is 1.23 bits per heavy atom. The summed E-state index contributed by atoms with van der Waals surface area (Å²) in [6.07, 6.45) is 1.58. The summed E-state index contributed by atoms with van der Waals surface area (Å²) >= 11 is 0. The highest BCUT2D eigenvalue weighted by molar-refractivity contribution is 6.11. The van der Waals surface area contributed by atoms with E-state index in [9.17, 15) is 24.0 Å². The third-order valence-electron chi connectivity index (χ3n) is 10.7. The zero-order valence-electron chi connectivity index (χ0n) is 35.0. The third kappa shape index (κ3) is 9.96. The highest BCUT2D eigenvalue weighted by Crippen LogP contribution is 2.27. The van der Waals surface area contributed by atoms with Crippen molar-refractivity contribution in [2.75, 3.05) is 91.7 Å². The molecule has 0 atom stereocenters. The molecule has 3 aromatic heterocycles. The zero-order chi connectivity index (χ0) is 41.1. The number of rotatable bonds is 17. The molecule has 0 spiro atoms. The Balaban J connectivity index is 0.00000273. The van der Waals surface area contributed by atoms with E-state index >= 15 is 0 Å². The molecule has 61 heavy (non-hydrogen) atoms. The normalized spacial score (nSPS) is 11.4. The fourth-order valence-corrected chi connectivity index (χ4v) is 7.65. The summed E-state index contributed by atoms with van der Waals surface area (Å²) in [5, 5.41) is 12.0. The number of nitrogens with zero attached hydrogens (tertiary/aromatic N) is 5. The molecule has 0 fully saturated rings. The number of hydrogen-bond acceptors (Lipinski definition) is 10. The first-order chi connectivity index (χ1) is 28.0. The number of H-pyrrole nitrogens is 1. The van der Waals surface area contributed by atoms with Crippen LogP contribution in [0.1, 0.15) is 23.2 Å². The highest BCUT2D eigenvalue weighted by Gasteiger charge is 2.21. The SMILES string of the molecule is CN(C)CCNC(=O)c1ccc(NCCCN(C)CCCNc2ccc3c(=O)n(CCN(C)C)c(=O)n4c5ccccc5c(=O)c2c34)c2c(=O)c3ccccc3[nH]c12.Cl.Cl.Cl. The van der Waals surface area contributed by atoms with Crippen LogP contribution >= 0.6 is 37.2 Å². The van der Waals surface area contributed by atoms with Gasteiger partial charge in [-0.15, -0.1) is 37.2 Å². The van der Waals surface area contributed by atoms with Gasteiger partial charge in [0.15, 0.2) is 10.9 Å². The van der Waals surface area contributed by atoms with Crippen molar-refractivity contribution in [1.82, 2.24) is 34.0 Å². The largest absolute Gasteiger partial charge is 0.384 e. The molecule has 0 saturated heterocycles. The van der Waals surface area contributed by atoms with Gasteiger partial charge in [0.1, 0.15) is 0 Å². The number of hydrogen-bond donors (Lipinski definition) is 4. The molecule has 0 radical (unpaired) electrons. The number of fused-ring (bicyclic) bond motifs is 4. The summed E-state index contributed by atoms with van der Waals surface area (Å²) in [5.74, 6) is -0.238. The lowest BCUT2D eigenvalue weighted by atomic mass is 10.0. The predicted octanol–water partition coefficient (Wildman–Crippen LogP) is 4.91. The average Bonchev–Trinajstić information content (AvgIpc) is 3.20. The molecule has 0 aliphatic rings. The molecular formula is C44H54Cl3N9O5. The summed E-state index contributed by atoms with van der Waals surface area (Å²) in [6.45, 7) is 4.68. The number of carbonyl (C=O) groups excluding carboxylic acids is 1. The number of nitrogens with one attached hydrogen (secondary N) is 4. The summed E-state index contributed by atoms with van der Waals surface area (Å²) in [7, 11) is 9.72. The smallest absolute Gasteiger partial charge is 0.336 e. The minimum atomic E-state index is -0.460. The van der Waals surface area contributed by atoms with E-state index in [2.05, 4.69) is 32.9 Å². The lowest BCUT2D eigenvalue weighted by Gasteiger charge is -2.19. The summed E-state index contributed by atoms with van der Waals surface area (Å²) in [6, 6.07) is 21.4. The number of likely N-dealkylation sites (N-methyl/N-ethyl adjacent to an activating group) is 2. The Morgan fingerprint density at radius 1 is 0.639 bits per heavy atom. The molecule has 4 N–H and O–H groups in total. The van der Waals surface area contributed by atoms with Gasteiger partial charge in [0, 0.05) is 66.9 Å². The van der Waals surface area contributed by atoms with Crippen LogP contribution in [0.5, 0.6) is 0 Å². The lowest BCUT2D eigenvalue weighted by molar-refractivity contribution is 0.0952. The number of carbonyl (C=O) groups is 1. The van der Waals surface area contributed by atoms with E-state index < -0.39 is 11.2 Å². The van der Waals surface area contributed by atoms with E-state index in [1.54, 1.807) is 48.5 Å². The topological polar surface area (TPSA) is 156 Å². The van der Waals surface area contributed by atoms with Crippen molar-refractivity contribution < 1.29 is 4.79 Å². The van der Waals surface area contributed by atoms with Gasteiger partial charge >= 0.3 is 5.69 Å². The van der Waals surface area contributed by atoms with E-state index in [0.29, 0.717) is 98.7 Å². The van der Waals surface area contributed by atoms with Crippen molar-refractivity contribution in [3.05, 3.63) is 120 Å². The number of para-hydroxylation sites is 2. The van der Waals surface area contributed by atoms with Crippen molar-refractivity contribution >= 4 is 104 Å². The molecule has 0 unspecified atom stereocenters. The second kappa shape index (κ2) is 21.0. The Kier molecular flexibility index (Phi) is 16.7. The van der Waals surface area contributed by atoms with E-state index in [4.69, 9.17) is 0 Å². The van der Waals surface area contributed by atoms with Gasteiger partial charge in [-0.05, 0) is 110 Å². The maximum atomic E-state index is 14.0. The van der Waals surface area contributed by atoms with Crippen LogP contribution in [0.3, 0.4) is 0 Å². The molecular weight excluding hydrogens is 841 g/mol. The average molecular weight is 895 g/mol. The monoisotopic (exact) mass is 893 g/mol. The second-order valence-electron chi connectivity index (χ2n) is 15.4. The van der Waals surface area contributed by atoms with E-state index in [1.165, 1.54) is 8.97 Å². The molecule has 0 aliphatic carbocycles. The molecule has 0 bridgehead atoms. The third-order valence-corrected chi connectivity index (χ3v) is 10.7. The van der Waals surface area contributed by atoms with Gasteiger partial charge in [-0.25, -0.2) is 4.79 Å². The molecule has 4 aromatic carbocycles. The van der Waals surface area contributed by atoms with Crippen molar-refractivity contribution in [1.29, 1.82) is 0 Å². The minimum Gasteiger partial charge on any atom is -0.384 e. The van der Waals surface area contributed by atoms with Gasteiger partial charge in [0.05, 0.1) is 38.3 Å². The zero-order valence-corrected chi connectivity index (χ0v) is 37.5. The van der Waals surface area contributed by atoms with Crippen LogP contribution in [0.2, 0.25) is 0 Å². The fraction of sp³-hybridized carbons (Fsp3) is 0.341. The number of pyridine rings is 2. The Labute approximate surface area is 371 Å². The molecule has 3 heterocycles. The van der Waals surface area contributed by atoms with Gasteiger partial charge in [-0.1, -0.05) is 24.3 Å². The number of halogens is 3. The van der Waals surface area contributed by atoms with E-state index in [-0.39, 0.29) is 60.5 Å². The number of amides is 1. The number of aromatic nitrogens is 3. The van der Waals surface area contributed by atoms with Gasteiger partial charge in [0.25, 0.3) is 11.5 Å². The first-order valence-electron chi connectivity index (χ1n) is 19.7. The predicted molar refractivity (Wildman–Crippen MR) is 257 cm³/mol. The first-order valence-corrected chi connectivity index (χ1v) is 19.7. The van der Waals surface area contributed by atoms with Crippen molar-refractivity contribution in [3.8, 4) is 0 Å². The van der Waals surface area contributed by atoms with Crippen molar-refractivity contribution in [2.45, 2.75) is 19.4 Å². The number of anilines is 2. The van der Waals surface area contributed by atoms with Crippen molar-refractivity contribution in [3.63, 3.8) is 0 Å². The van der Waals surface area contributed by atoms with Gasteiger partial charge in [0.2, 0.25) is 0 Å². The van der Waals surface area contributed by atoms with Crippen LogP contribution in [0.25, 0.3) is 49.0 Å². The summed E-state index contributed by atoms with van der Waals surface area (Å²) < 4.78 is 2.77. The van der Waals surface area contributed by atoms with Crippen LogP contribution in [0.4, 0.5) is 11.4 Å². The Morgan fingerprint density at radius 3 is 1.90 bits per heavy atom. The number of benzene rings is 4. The molecule has 7 aromatic rings. The van der Waals surface area contributed by atoms with E-state index in [0.717, 1.165) is 25.9 Å². The molecule has 17 heteroatoms. The van der Waals surface area contributed by atoms with Crippen LogP contribution in [-0.2, 0) is 6.54 Å². The lowest BCUT2D eigenvalue weighted by Crippen LogP contribution is -2.40. The second-order valence-corrected chi connectivity index (χ2v) is 15.4. The molecule has 0 saturated carbocycles. The van der Waals surface area contributed by atoms with Gasteiger partial charge in [-0.3, -0.25) is 28.1 Å². The molecule has 326 valence electrons.